The molecule has 1 atom stereocenters. The molecule has 0 aliphatic heterocycles. The number of aromatic amines is 1. The van der Waals surface area contributed by atoms with Crippen LogP contribution in [0.4, 0.5) is 11.5 Å². The Morgan fingerprint density at radius 2 is 1.83 bits per heavy atom. The Labute approximate surface area is 174 Å². The molecule has 0 spiro atoms. The van der Waals surface area contributed by atoms with Crippen molar-refractivity contribution in [1.82, 2.24) is 29.9 Å². The quantitative estimate of drug-likeness (QED) is 0.473. The lowest BCUT2D eigenvalue weighted by Crippen LogP contribution is -2.11. The van der Waals surface area contributed by atoms with E-state index in [1.54, 1.807) is 26.6 Å². The summed E-state index contributed by atoms with van der Waals surface area (Å²) in [6.07, 6.45) is 5.45. The lowest BCUT2D eigenvalue weighted by molar-refractivity contribution is 0.355. The Hall–Kier alpha value is -3.62. The average molecular weight is 407 g/mol. The van der Waals surface area contributed by atoms with Crippen LogP contribution >= 0.6 is 0 Å². The zero-order valence-electron chi connectivity index (χ0n) is 17.7. The van der Waals surface area contributed by atoms with Crippen LogP contribution in [0.5, 0.6) is 11.5 Å². The number of hydrogen-bond acceptors (Lipinski definition) is 7. The molecule has 1 unspecified atom stereocenters. The van der Waals surface area contributed by atoms with Gasteiger partial charge in [-0.1, -0.05) is 13.8 Å². The van der Waals surface area contributed by atoms with E-state index in [9.17, 15) is 0 Å². The van der Waals surface area contributed by atoms with Gasteiger partial charge in [0.2, 0.25) is 0 Å². The highest BCUT2D eigenvalue weighted by atomic mass is 16.5. The first-order valence-corrected chi connectivity index (χ1v) is 9.75. The van der Waals surface area contributed by atoms with Crippen LogP contribution < -0.4 is 14.8 Å². The maximum atomic E-state index is 5.40. The van der Waals surface area contributed by atoms with Crippen molar-refractivity contribution in [1.29, 1.82) is 0 Å². The number of hydrogen-bond donors (Lipinski definition) is 2. The van der Waals surface area contributed by atoms with Crippen LogP contribution in [0.2, 0.25) is 0 Å². The molecule has 4 aromatic rings. The predicted octanol–water partition coefficient (Wildman–Crippen LogP) is 4.19. The molecule has 30 heavy (non-hydrogen) atoms. The van der Waals surface area contributed by atoms with Crippen molar-refractivity contribution in [3.05, 3.63) is 36.8 Å². The third-order valence-corrected chi connectivity index (χ3v) is 5.19. The SMILES string of the molecule is COc1ccc(Nc2nc(-c3cnn(C(C)C(C)C)c3)nc3cn[nH]c23)cc1OC. The van der Waals surface area contributed by atoms with E-state index in [0.717, 1.165) is 16.8 Å². The van der Waals surface area contributed by atoms with Crippen LogP contribution in [0.3, 0.4) is 0 Å². The van der Waals surface area contributed by atoms with E-state index < -0.39 is 0 Å². The van der Waals surface area contributed by atoms with Gasteiger partial charge < -0.3 is 14.8 Å². The number of ether oxygens (including phenoxy) is 2. The molecule has 3 aromatic heterocycles. The Balaban J connectivity index is 1.72. The van der Waals surface area contributed by atoms with Gasteiger partial charge in [0.05, 0.1) is 38.2 Å². The number of aromatic nitrogens is 6. The molecular weight excluding hydrogens is 382 g/mol. The summed E-state index contributed by atoms with van der Waals surface area (Å²) in [5, 5.41) is 14.9. The summed E-state index contributed by atoms with van der Waals surface area (Å²) in [4.78, 5) is 9.38. The highest BCUT2D eigenvalue weighted by molar-refractivity contribution is 5.88. The second-order valence-electron chi connectivity index (χ2n) is 7.41. The lowest BCUT2D eigenvalue weighted by atomic mass is 10.1. The Morgan fingerprint density at radius 1 is 1.03 bits per heavy atom. The van der Waals surface area contributed by atoms with E-state index in [1.807, 2.05) is 29.1 Å². The second kappa shape index (κ2) is 8.02. The van der Waals surface area contributed by atoms with Gasteiger partial charge in [-0.2, -0.15) is 10.2 Å². The molecule has 0 fully saturated rings. The summed E-state index contributed by atoms with van der Waals surface area (Å²) in [7, 11) is 3.21. The maximum Gasteiger partial charge on any atom is 0.165 e. The molecule has 0 amide bonds. The zero-order chi connectivity index (χ0) is 21.3. The van der Waals surface area contributed by atoms with E-state index in [1.165, 1.54) is 0 Å². The predicted molar refractivity (Wildman–Crippen MR) is 115 cm³/mol. The molecule has 0 bridgehead atoms. The monoisotopic (exact) mass is 407 g/mol. The lowest BCUT2D eigenvalue weighted by Gasteiger charge is -2.15. The van der Waals surface area contributed by atoms with Crippen LogP contribution in [0.15, 0.2) is 36.8 Å². The van der Waals surface area contributed by atoms with Crippen molar-refractivity contribution in [2.45, 2.75) is 26.8 Å². The summed E-state index contributed by atoms with van der Waals surface area (Å²) in [5.41, 5.74) is 3.09. The van der Waals surface area contributed by atoms with Gasteiger partial charge in [0.15, 0.2) is 23.1 Å². The fourth-order valence-electron chi connectivity index (χ4n) is 3.09. The minimum absolute atomic E-state index is 0.278. The van der Waals surface area contributed by atoms with Crippen LogP contribution in [0.1, 0.15) is 26.8 Å². The molecule has 2 N–H and O–H groups in total. The minimum Gasteiger partial charge on any atom is -0.493 e. The standard InChI is InChI=1S/C21H25N7O2/c1-12(2)13(3)28-11-14(9-23-28)20-25-16-10-22-27-19(16)21(26-20)24-15-6-7-17(29-4)18(8-15)30-5/h6-13H,1-5H3,(H,22,27)(H,24,25,26). The fraction of sp³-hybridized carbons (Fsp3) is 0.333. The minimum atomic E-state index is 0.278. The first-order chi connectivity index (χ1) is 14.5. The first-order valence-electron chi connectivity index (χ1n) is 9.75. The number of methoxy groups -OCH3 is 2. The molecule has 1 aromatic carbocycles. The third-order valence-electron chi connectivity index (χ3n) is 5.19. The van der Waals surface area contributed by atoms with Gasteiger partial charge in [0, 0.05) is 18.0 Å². The first kappa shape index (κ1) is 19.7. The van der Waals surface area contributed by atoms with E-state index in [0.29, 0.717) is 34.6 Å². The van der Waals surface area contributed by atoms with Gasteiger partial charge in [-0.25, -0.2) is 9.97 Å². The molecule has 0 radical (unpaired) electrons. The molecule has 0 saturated carbocycles. The summed E-state index contributed by atoms with van der Waals surface area (Å²) in [6.45, 7) is 6.49. The molecule has 0 saturated heterocycles. The molecule has 3 heterocycles. The number of nitrogens with one attached hydrogen (secondary N) is 2. The van der Waals surface area contributed by atoms with Gasteiger partial charge in [0.1, 0.15) is 11.0 Å². The van der Waals surface area contributed by atoms with Crippen molar-refractivity contribution >= 4 is 22.5 Å². The van der Waals surface area contributed by atoms with Crippen LogP contribution in [-0.4, -0.2) is 44.2 Å². The summed E-state index contributed by atoms with van der Waals surface area (Å²) in [5.74, 6) is 2.95. The van der Waals surface area contributed by atoms with Crippen molar-refractivity contribution in [2.24, 2.45) is 5.92 Å². The number of fused-ring (bicyclic) bond motifs is 1. The zero-order valence-corrected chi connectivity index (χ0v) is 17.7. The van der Waals surface area contributed by atoms with Gasteiger partial charge in [0.25, 0.3) is 0 Å². The van der Waals surface area contributed by atoms with Crippen molar-refractivity contribution < 1.29 is 9.47 Å². The summed E-state index contributed by atoms with van der Waals surface area (Å²) >= 11 is 0. The van der Waals surface area contributed by atoms with E-state index >= 15 is 0 Å². The molecule has 9 heteroatoms. The van der Waals surface area contributed by atoms with Gasteiger partial charge in [-0.15, -0.1) is 0 Å². The van der Waals surface area contributed by atoms with Gasteiger partial charge >= 0.3 is 0 Å². The molecule has 0 aliphatic rings. The summed E-state index contributed by atoms with van der Waals surface area (Å²) in [6, 6.07) is 5.87. The Bertz CT molecular complexity index is 1170. The van der Waals surface area contributed by atoms with Crippen molar-refractivity contribution in [3.8, 4) is 22.9 Å². The molecule has 4 rings (SSSR count). The topological polar surface area (TPSA) is 103 Å². The average Bonchev–Trinajstić information content (AvgIpc) is 3.42. The van der Waals surface area contributed by atoms with E-state index in [-0.39, 0.29) is 6.04 Å². The normalized spacial score (nSPS) is 12.3. The summed E-state index contributed by atoms with van der Waals surface area (Å²) < 4.78 is 12.7. The van der Waals surface area contributed by atoms with Crippen molar-refractivity contribution in [2.75, 3.05) is 19.5 Å². The molecule has 0 aliphatic carbocycles. The van der Waals surface area contributed by atoms with E-state index in [4.69, 9.17) is 14.5 Å². The Kier molecular flexibility index (Phi) is 5.26. The number of H-pyrrole nitrogens is 1. The third kappa shape index (κ3) is 3.66. The molecule has 9 nitrogen and oxygen atoms in total. The van der Waals surface area contributed by atoms with Crippen LogP contribution in [-0.2, 0) is 0 Å². The van der Waals surface area contributed by atoms with Crippen molar-refractivity contribution in [3.63, 3.8) is 0 Å². The number of benzene rings is 1. The number of nitrogens with zero attached hydrogens (tertiary/aromatic N) is 5. The highest BCUT2D eigenvalue weighted by Gasteiger charge is 2.16. The number of anilines is 2. The van der Waals surface area contributed by atoms with Crippen LogP contribution in [0, 0.1) is 5.92 Å². The fourth-order valence-corrected chi connectivity index (χ4v) is 3.09. The second-order valence-corrected chi connectivity index (χ2v) is 7.41. The highest BCUT2D eigenvalue weighted by Crippen LogP contribution is 2.32. The largest absolute Gasteiger partial charge is 0.493 e. The Morgan fingerprint density at radius 3 is 2.57 bits per heavy atom. The van der Waals surface area contributed by atoms with E-state index in [2.05, 4.69) is 46.4 Å². The number of rotatable bonds is 7. The van der Waals surface area contributed by atoms with Gasteiger partial charge in [-0.05, 0) is 25.0 Å². The van der Waals surface area contributed by atoms with Gasteiger partial charge in [-0.3, -0.25) is 9.78 Å². The van der Waals surface area contributed by atoms with Crippen LogP contribution in [0.25, 0.3) is 22.4 Å². The molecule has 156 valence electrons. The molecular formula is C21H25N7O2. The maximum absolute atomic E-state index is 5.40. The smallest absolute Gasteiger partial charge is 0.165 e.